The Morgan fingerprint density at radius 2 is 2.15 bits per heavy atom. The minimum Gasteiger partial charge on any atom is -0.342 e. The van der Waals surface area contributed by atoms with Crippen LogP contribution in [0.3, 0.4) is 0 Å². The Balaban J connectivity index is 1.52. The van der Waals surface area contributed by atoms with Crippen molar-refractivity contribution in [3.63, 3.8) is 0 Å². The summed E-state index contributed by atoms with van der Waals surface area (Å²) in [5.41, 5.74) is 2.79. The fourth-order valence-corrected chi connectivity index (χ4v) is 5.09. The molecule has 1 aliphatic rings. The molecule has 3 heterocycles. The van der Waals surface area contributed by atoms with E-state index < -0.39 is 0 Å². The van der Waals surface area contributed by atoms with Crippen LogP contribution in [0, 0.1) is 5.92 Å². The average Bonchev–Trinajstić information content (AvgIpc) is 3.11. The van der Waals surface area contributed by atoms with E-state index in [4.69, 9.17) is 0 Å². The van der Waals surface area contributed by atoms with Gasteiger partial charge in [0.05, 0.1) is 5.75 Å². The lowest BCUT2D eigenvalue weighted by Gasteiger charge is -2.30. The molecule has 5 nitrogen and oxygen atoms in total. The van der Waals surface area contributed by atoms with Crippen LogP contribution in [0.25, 0.3) is 21.5 Å². The number of carbonyl (C=O) groups excluding carboxylic acids is 1. The molecule has 0 N–H and O–H groups in total. The molecule has 0 aliphatic carbocycles. The van der Waals surface area contributed by atoms with Gasteiger partial charge < -0.3 is 4.90 Å². The molecule has 1 saturated heterocycles. The Kier molecular flexibility index (Phi) is 5.17. The molecular formula is C19H20N4OS2. The third-order valence-corrected chi connectivity index (χ3v) is 6.56. The summed E-state index contributed by atoms with van der Waals surface area (Å²) in [5, 5.41) is 0.841. The van der Waals surface area contributed by atoms with E-state index in [0.29, 0.717) is 11.7 Å². The first-order chi connectivity index (χ1) is 12.7. The number of piperidine rings is 1. The second-order valence-electron chi connectivity index (χ2n) is 6.63. The highest BCUT2D eigenvalue weighted by Crippen LogP contribution is 2.34. The van der Waals surface area contributed by atoms with Crippen molar-refractivity contribution in [1.82, 2.24) is 19.2 Å². The molecule has 26 heavy (non-hydrogen) atoms. The number of amides is 1. The van der Waals surface area contributed by atoms with Crippen LogP contribution in [0.2, 0.25) is 0 Å². The molecule has 4 rings (SSSR count). The Bertz CT molecular complexity index is 912. The topological polar surface area (TPSA) is 59.0 Å². The van der Waals surface area contributed by atoms with Gasteiger partial charge in [0.15, 0.2) is 0 Å². The maximum Gasteiger partial charge on any atom is 0.232 e. The Hall–Kier alpha value is -1.99. The van der Waals surface area contributed by atoms with Crippen LogP contribution >= 0.6 is 23.3 Å². The summed E-state index contributed by atoms with van der Waals surface area (Å²) in [5.74, 6) is 1.21. The van der Waals surface area contributed by atoms with Gasteiger partial charge in [-0.15, -0.1) is 0 Å². The fourth-order valence-electron chi connectivity index (χ4n) is 3.27. The first-order valence-corrected chi connectivity index (χ1v) is 10.5. The zero-order valence-corrected chi connectivity index (χ0v) is 16.2. The number of fused-ring (bicyclic) bond motifs is 1. The van der Waals surface area contributed by atoms with Crippen LogP contribution < -0.4 is 0 Å². The normalized spacial score (nSPS) is 17.6. The van der Waals surface area contributed by atoms with Crippen LogP contribution in [0.4, 0.5) is 0 Å². The second kappa shape index (κ2) is 7.72. The summed E-state index contributed by atoms with van der Waals surface area (Å²) in [6.07, 6.45) is 3.89. The highest BCUT2D eigenvalue weighted by atomic mass is 32.2. The predicted molar refractivity (Wildman–Crippen MR) is 106 cm³/mol. The summed E-state index contributed by atoms with van der Waals surface area (Å²) in [4.78, 5) is 23.3. The summed E-state index contributed by atoms with van der Waals surface area (Å²) in [6.45, 7) is 3.96. The van der Waals surface area contributed by atoms with Gasteiger partial charge in [-0.1, -0.05) is 49.0 Å². The number of hydrogen-bond donors (Lipinski definition) is 0. The zero-order chi connectivity index (χ0) is 17.9. The van der Waals surface area contributed by atoms with E-state index in [1.807, 2.05) is 35.2 Å². The van der Waals surface area contributed by atoms with Crippen molar-refractivity contribution in [3.8, 4) is 11.3 Å². The SMILES string of the molecule is C[C@H]1CCCN(C(=O)CSc2ncnc3c(-c4ccccc4)nsc23)C1. The molecule has 3 aromatic rings. The van der Waals surface area contributed by atoms with Gasteiger partial charge in [-0.25, -0.2) is 9.97 Å². The molecule has 0 saturated carbocycles. The van der Waals surface area contributed by atoms with Gasteiger partial charge in [0, 0.05) is 18.7 Å². The highest BCUT2D eigenvalue weighted by molar-refractivity contribution is 8.00. The minimum atomic E-state index is 0.195. The summed E-state index contributed by atoms with van der Waals surface area (Å²) >= 11 is 2.89. The summed E-state index contributed by atoms with van der Waals surface area (Å²) < 4.78 is 5.54. The second-order valence-corrected chi connectivity index (χ2v) is 8.37. The zero-order valence-electron chi connectivity index (χ0n) is 14.6. The Morgan fingerprint density at radius 1 is 1.31 bits per heavy atom. The number of nitrogens with zero attached hydrogens (tertiary/aromatic N) is 4. The lowest BCUT2D eigenvalue weighted by Crippen LogP contribution is -2.40. The van der Waals surface area contributed by atoms with Gasteiger partial charge in [-0.05, 0) is 30.3 Å². The molecule has 1 amide bonds. The Morgan fingerprint density at radius 3 is 2.96 bits per heavy atom. The number of rotatable bonds is 4. The molecule has 2 aromatic heterocycles. The number of hydrogen-bond acceptors (Lipinski definition) is 6. The van der Waals surface area contributed by atoms with E-state index in [-0.39, 0.29) is 5.91 Å². The van der Waals surface area contributed by atoms with E-state index in [2.05, 4.69) is 21.3 Å². The molecule has 1 aromatic carbocycles. The molecule has 0 unspecified atom stereocenters. The number of aromatic nitrogens is 3. The third-order valence-electron chi connectivity index (χ3n) is 4.61. The largest absolute Gasteiger partial charge is 0.342 e. The smallest absolute Gasteiger partial charge is 0.232 e. The summed E-state index contributed by atoms with van der Waals surface area (Å²) in [6, 6.07) is 10.0. The first kappa shape index (κ1) is 17.4. The van der Waals surface area contributed by atoms with Crippen molar-refractivity contribution >= 4 is 39.4 Å². The van der Waals surface area contributed by atoms with Crippen molar-refractivity contribution in [2.45, 2.75) is 24.8 Å². The van der Waals surface area contributed by atoms with Gasteiger partial charge >= 0.3 is 0 Å². The van der Waals surface area contributed by atoms with E-state index in [0.717, 1.165) is 46.0 Å². The van der Waals surface area contributed by atoms with Crippen molar-refractivity contribution in [2.24, 2.45) is 5.92 Å². The molecule has 0 radical (unpaired) electrons. The molecule has 1 atom stereocenters. The molecule has 1 fully saturated rings. The predicted octanol–water partition coefficient (Wildman–Crippen LogP) is 4.10. The van der Waals surface area contributed by atoms with Crippen LogP contribution in [-0.4, -0.2) is 44.0 Å². The van der Waals surface area contributed by atoms with E-state index in [1.54, 1.807) is 6.33 Å². The number of thioether (sulfide) groups is 1. The van der Waals surface area contributed by atoms with Crippen LogP contribution in [0.1, 0.15) is 19.8 Å². The maximum atomic E-state index is 12.5. The first-order valence-electron chi connectivity index (χ1n) is 8.78. The maximum absolute atomic E-state index is 12.5. The summed E-state index contributed by atoms with van der Waals surface area (Å²) in [7, 11) is 0. The minimum absolute atomic E-state index is 0.195. The average molecular weight is 385 g/mol. The lowest BCUT2D eigenvalue weighted by atomic mass is 10.0. The third kappa shape index (κ3) is 3.59. The highest BCUT2D eigenvalue weighted by Gasteiger charge is 2.22. The van der Waals surface area contributed by atoms with E-state index in [9.17, 15) is 4.79 Å². The molecule has 134 valence electrons. The quantitative estimate of drug-likeness (QED) is 0.501. The molecule has 0 spiro atoms. The molecular weight excluding hydrogens is 364 g/mol. The Labute approximate surface area is 161 Å². The van der Waals surface area contributed by atoms with Gasteiger partial charge in [0.25, 0.3) is 0 Å². The van der Waals surface area contributed by atoms with Crippen LogP contribution in [0.5, 0.6) is 0 Å². The lowest BCUT2D eigenvalue weighted by molar-refractivity contribution is -0.130. The van der Waals surface area contributed by atoms with Crippen molar-refractivity contribution < 1.29 is 4.79 Å². The van der Waals surface area contributed by atoms with Gasteiger partial charge in [-0.2, -0.15) is 4.37 Å². The van der Waals surface area contributed by atoms with E-state index in [1.165, 1.54) is 29.7 Å². The van der Waals surface area contributed by atoms with Crippen molar-refractivity contribution in [3.05, 3.63) is 36.7 Å². The number of benzene rings is 1. The van der Waals surface area contributed by atoms with Gasteiger partial charge in [0.2, 0.25) is 5.91 Å². The van der Waals surface area contributed by atoms with Crippen molar-refractivity contribution in [2.75, 3.05) is 18.8 Å². The van der Waals surface area contributed by atoms with Gasteiger partial charge in [-0.3, -0.25) is 4.79 Å². The molecule has 0 bridgehead atoms. The molecule has 1 aliphatic heterocycles. The van der Waals surface area contributed by atoms with Crippen molar-refractivity contribution in [1.29, 1.82) is 0 Å². The standard InChI is InChI=1S/C19H20N4OS2/c1-13-6-5-9-23(10-13)15(24)11-25-19-18-17(20-12-21-19)16(22-26-18)14-7-3-2-4-8-14/h2-4,7-8,12-13H,5-6,9-11H2,1H3/t13-/m0/s1. The van der Waals surface area contributed by atoms with Crippen LogP contribution in [0.15, 0.2) is 41.7 Å². The van der Waals surface area contributed by atoms with Gasteiger partial charge in [0.1, 0.15) is 27.3 Å². The molecule has 7 heteroatoms. The van der Waals surface area contributed by atoms with E-state index >= 15 is 0 Å². The fraction of sp³-hybridized carbons (Fsp3) is 0.368. The number of likely N-dealkylation sites (tertiary alicyclic amines) is 1. The monoisotopic (exact) mass is 384 g/mol. The number of carbonyl (C=O) groups is 1. The van der Waals surface area contributed by atoms with Crippen LogP contribution in [-0.2, 0) is 4.79 Å².